The third-order valence-corrected chi connectivity index (χ3v) is 7.34. The van der Waals surface area contributed by atoms with Gasteiger partial charge in [-0.1, -0.05) is 18.2 Å². The van der Waals surface area contributed by atoms with Gasteiger partial charge in [-0.05, 0) is 49.9 Å². The number of hydrogen-bond acceptors (Lipinski definition) is 4. The molecule has 2 bridgehead atoms. The van der Waals surface area contributed by atoms with E-state index in [1.54, 1.807) is 24.3 Å². The Morgan fingerprint density at radius 3 is 2.13 bits per heavy atom. The van der Waals surface area contributed by atoms with Gasteiger partial charge in [-0.2, -0.15) is 0 Å². The molecule has 4 rings (SSSR count). The molecule has 0 amide bonds. The van der Waals surface area contributed by atoms with Crippen molar-refractivity contribution < 1.29 is 8.42 Å². The minimum atomic E-state index is -3.15. The van der Waals surface area contributed by atoms with E-state index in [0.29, 0.717) is 23.5 Å². The van der Waals surface area contributed by atoms with Crippen LogP contribution in [-0.2, 0) is 9.84 Å². The number of nitrogens with zero attached hydrogens (tertiary/aromatic N) is 1. The first kappa shape index (κ1) is 19.0. The first-order valence-corrected chi connectivity index (χ1v) is 9.56. The Hall–Kier alpha value is -0.330. The smallest absolute Gasteiger partial charge is 0.179 e. The lowest BCUT2D eigenvalue weighted by atomic mass is 9.82. The summed E-state index contributed by atoms with van der Waals surface area (Å²) in [6, 6.07) is 10.1. The van der Waals surface area contributed by atoms with Gasteiger partial charge in [-0.3, -0.25) is 4.90 Å². The quantitative estimate of drug-likeness (QED) is 0.869. The molecule has 1 N–H and O–H groups in total. The number of halogens is 2. The molecule has 0 saturated carbocycles. The normalized spacial score (nSPS) is 32.2. The SMILES string of the molecule is Cl.Cl.O=S(=O)(CCN1[C@@H]2CC[C@H]1[C@H]1CNC[C@H]12)c1ccccc1. The van der Waals surface area contributed by atoms with Crippen molar-refractivity contribution in [2.24, 2.45) is 11.8 Å². The number of sulfone groups is 1. The van der Waals surface area contributed by atoms with Crippen LogP contribution >= 0.6 is 24.8 Å². The van der Waals surface area contributed by atoms with Crippen LogP contribution in [0.5, 0.6) is 0 Å². The molecule has 7 heteroatoms. The molecule has 0 unspecified atom stereocenters. The molecule has 130 valence electrons. The van der Waals surface area contributed by atoms with Crippen LogP contribution in [0.3, 0.4) is 0 Å². The van der Waals surface area contributed by atoms with Crippen molar-refractivity contribution in [3.63, 3.8) is 0 Å². The highest BCUT2D eigenvalue weighted by atomic mass is 35.5. The molecule has 4 nitrogen and oxygen atoms in total. The van der Waals surface area contributed by atoms with E-state index in [-0.39, 0.29) is 30.6 Å². The first-order valence-electron chi connectivity index (χ1n) is 7.91. The van der Waals surface area contributed by atoms with Crippen molar-refractivity contribution in [2.45, 2.75) is 29.8 Å². The van der Waals surface area contributed by atoms with Crippen LogP contribution in [0.2, 0.25) is 0 Å². The predicted octanol–water partition coefficient (Wildman–Crippen LogP) is 1.99. The van der Waals surface area contributed by atoms with Crippen LogP contribution in [0, 0.1) is 11.8 Å². The lowest BCUT2D eigenvalue weighted by Crippen LogP contribution is -2.37. The van der Waals surface area contributed by atoms with E-state index >= 15 is 0 Å². The maximum absolute atomic E-state index is 12.4. The number of fused-ring (bicyclic) bond motifs is 5. The zero-order valence-electron chi connectivity index (χ0n) is 12.9. The lowest BCUT2D eigenvalue weighted by Gasteiger charge is -2.24. The number of nitrogens with one attached hydrogen (secondary N) is 1. The van der Waals surface area contributed by atoms with E-state index < -0.39 is 9.84 Å². The van der Waals surface area contributed by atoms with Crippen LogP contribution in [-0.4, -0.2) is 50.8 Å². The Balaban J connectivity index is 0.000000960. The highest BCUT2D eigenvalue weighted by Crippen LogP contribution is 2.47. The fourth-order valence-electron chi connectivity index (χ4n) is 4.70. The third-order valence-electron chi connectivity index (χ3n) is 5.63. The minimum Gasteiger partial charge on any atom is -0.316 e. The first-order chi connectivity index (χ1) is 10.2. The van der Waals surface area contributed by atoms with Gasteiger partial charge in [0.2, 0.25) is 0 Å². The van der Waals surface area contributed by atoms with E-state index in [4.69, 9.17) is 0 Å². The molecule has 23 heavy (non-hydrogen) atoms. The van der Waals surface area contributed by atoms with E-state index in [1.165, 1.54) is 12.8 Å². The molecule has 1 aromatic carbocycles. The van der Waals surface area contributed by atoms with Crippen molar-refractivity contribution in [1.29, 1.82) is 0 Å². The Bertz CT molecular complexity index is 608. The summed E-state index contributed by atoms with van der Waals surface area (Å²) >= 11 is 0. The van der Waals surface area contributed by atoms with Crippen LogP contribution in [0.1, 0.15) is 12.8 Å². The topological polar surface area (TPSA) is 49.4 Å². The molecular formula is C16H24Cl2N2O2S. The van der Waals surface area contributed by atoms with Gasteiger partial charge in [-0.15, -0.1) is 24.8 Å². The molecule has 3 aliphatic heterocycles. The fourth-order valence-corrected chi connectivity index (χ4v) is 5.96. The molecule has 0 aliphatic carbocycles. The van der Waals surface area contributed by atoms with Crippen molar-refractivity contribution in [3.05, 3.63) is 30.3 Å². The van der Waals surface area contributed by atoms with Gasteiger partial charge in [0.1, 0.15) is 0 Å². The van der Waals surface area contributed by atoms with Gasteiger partial charge in [0.25, 0.3) is 0 Å². The summed E-state index contributed by atoms with van der Waals surface area (Å²) in [6.07, 6.45) is 2.50. The van der Waals surface area contributed by atoms with Crippen LogP contribution in [0.25, 0.3) is 0 Å². The Morgan fingerprint density at radius 1 is 1.00 bits per heavy atom. The van der Waals surface area contributed by atoms with Crippen molar-refractivity contribution in [3.8, 4) is 0 Å². The van der Waals surface area contributed by atoms with Gasteiger partial charge >= 0.3 is 0 Å². The average Bonchev–Trinajstić information content (AvgIpc) is 3.18. The monoisotopic (exact) mass is 378 g/mol. The molecule has 3 fully saturated rings. The molecule has 3 heterocycles. The molecule has 0 aromatic heterocycles. The van der Waals surface area contributed by atoms with Crippen molar-refractivity contribution in [1.82, 2.24) is 10.2 Å². The molecule has 3 aliphatic rings. The second kappa shape index (κ2) is 7.28. The summed E-state index contributed by atoms with van der Waals surface area (Å²) in [5.41, 5.74) is 0. The zero-order valence-corrected chi connectivity index (χ0v) is 15.4. The van der Waals surface area contributed by atoms with Crippen LogP contribution in [0.4, 0.5) is 0 Å². The zero-order chi connectivity index (χ0) is 14.4. The van der Waals surface area contributed by atoms with E-state index in [1.807, 2.05) is 6.07 Å². The van der Waals surface area contributed by atoms with Crippen LogP contribution < -0.4 is 5.32 Å². The molecule has 0 spiro atoms. The maximum atomic E-state index is 12.4. The van der Waals surface area contributed by atoms with Gasteiger partial charge in [0, 0.05) is 18.6 Å². The summed E-state index contributed by atoms with van der Waals surface area (Å²) < 4.78 is 24.9. The standard InChI is InChI=1S/C16H22N2O2S.2ClH/c19-21(20,12-4-2-1-3-5-12)9-8-18-15-6-7-16(18)14-11-17-10-13(14)15;;/h1-5,13-17H,6-11H2;2*1H/t13-,14+,15-,16+;;. The highest BCUT2D eigenvalue weighted by Gasteiger charge is 2.54. The second-order valence-electron chi connectivity index (χ2n) is 6.57. The summed E-state index contributed by atoms with van der Waals surface area (Å²) in [5.74, 6) is 1.75. The molecule has 3 saturated heterocycles. The summed E-state index contributed by atoms with van der Waals surface area (Å²) in [4.78, 5) is 2.95. The molecule has 0 radical (unpaired) electrons. The second-order valence-corrected chi connectivity index (χ2v) is 8.68. The van der Waals surface area contributed by atoms with E-state index in [0.717, 1.165) is 24.9 Å². The third kappa shape index (κ3) is 3.27. The Morgan fingerprint density at radius 2 is 1.57 bits per heavy atom. The summed E-state index contributed by atoms with van der Waals surface area (Å²) in [7, 11) is -3.15. The minimum absolute atomic E-state index is 0. The largest absolute Gasteiger partial charge is 0.316 e. The number of rotatable bonds is 4. The van der Waals surface area contributed by atoms with Crippen LogP contribution in [0.15, 0.2) is 35.2 Å². The molecule has 1 aromatic rings. The van der Waals surface area contributed by atoms with Gasteiger partial charge < -0.3 is 5.32 Å². The Kier molecular flexibility index (Phi) is 6.01. The summed E-state index contributed by atoms with van der Waals surface area (Å²) in [5, 5.41) is 3.50. The fraction of sp³-hybridized carbons (Fsp3) is 0.625. The van der Waals surface area contributed by atoms with Gasteiger partial charge in [0.05, 0.1) is 10.6 Å². The summed E-state index contributed by atoms with van der Waals surface area (Å²) in [6.45, 7) is 2.93. The Labute approximate surface area is 150 Å². The molecule has 4 atom stereocenters. The van der Waals surface area contributed by atoms with E-state index in [9.17, 15) is 8.42 Å². The van der Waals surface area contributed by atoms with Gasteiger partial charge in [0.15, 0.2) is 9.84 Å². The maximum Gasteiger partial charge on any atom is 0.179 e. The predicted molar refractivity (Wildman–Crippen MR) is 96.4 cm³/mol. The molecular weight excluding hydrogens is 355 g/mol. The highest BCUT2D eigenvalue weighted by molar-refractivity contribution is 7.91. The van der Waals surface area contributed by atoms with Crippen molar-refractivity contribution in [2.75, 3.05) is 25.4 Å². The van der Waals surface area contributed by atoms with Gasteiger partial charge in [-0.25, -0.2) is 8.42 Å². The van der Waals surface area contributed by atoms with Crippen molar-refractivity contribution >= 4 is 34.7 Å². The number of hydrogen-bond donors (Lipinski definition) is 1. The van der Waals surface area contributed by atoms with E-state index in [2.05, 4.69) is 10.2 Å². The number of benzene rings is 1. The lowest BCUT2D eigenvalue weighted by molar-refractivity contribution is 0.241. The average molecular weight is 379 g/mol.